The molecule has 6 heterocycles. The lowest BCUT2D eigenvalue weighted by molar-refractivity contribution is -0.153. The molecule has 10 rings (SSSR count). The second-order valence-electron chi connectivity index (χ2n) is 16.4. The summed E-state index contributed by atoms with van der Waals surface area (Å²) in [5, 5.41) is 3.38. The molecule has 2 fully saturated rings. The standard InChI is InChI=1S/C21H27NO5Si.C17H17NO5/c1-21(2)26-19-17-16(18(23)20(19)27-21)13-9-15-14(24-11-25-15)8-12(13)6-7-22(17)10-28(3,4)5;1-17(2)22-15-13-12(14(19)16(15)23-17)9-6-11-10(20-7-21-11)5-8(9)3-4-18-13/h8-9,19-20H,6-7,10-11H2,1-5H3;5-6,15-16,18H,3-4,7H2,1-2H3/t19-,20+;15-,16+/m00/s1. The molecule has 2 aliphatic carbocycles. The molecule has 8 aliphatic rings. The van der Waals surface area contributed by atoms with Crippen molar-refractivity contribution in [1.82, 2.24) is 10.2 Å². The highest BCUT2D eigenvalue weighted by atomic mass is 28.3. The largest absolute Gasteiger partial charge is 0.454 e. The fraction of sp³-hybridized carbons (Fsp3) is 0.526. The molecule has 0 amide bonds. The summed E-state index contributed by atoms with van der Waals surface area (Å²) < 4.78 is 46.1. The summed E-state index contributed by atoms with van der Waals surface area (Å²) in [4.78, 5) is 28.8. The van der Waals surface area contributed by atoms with Crippen LogP contribution in [0.4, 0.5) is 0 Å². The van der Waals surface area contributed by atoms with E-state index < -0.39 is 31.9 Å². The minimum Gasteiger partial charge on any atom is -0.454 e. The van der Waals surface area contributed by atoms with Crippen molar-refractivity contribution in [2.24, 2.45) is 0 Å². The molecule has 6 aliphatic heterocycles. The Morgan fingerprint density at radius 1 is 0.686 bits per heavy atom. The summed E-state index contributed by atoms with van der Waals surface area (Å²) in [7, 11) is -1.41. The molecule has 0 radical (unpaired) electrons. The van der Waals surface area contributed by atoms with Crippen molar-refractivity contribution >= 4 is 30.8 Å². The summed E-state index contributed by atoms with van der Waals surface area (Å²) in [6.07, 6.45) is 0.812. The first-order chi connectivity index (χ1) is 24.2. The van der Waals surface area contributed by atoms with Gasteiger partial charge in [0.2, 0.25) is 13.6 Å². The first-order valence-electron chi connectivity index (χ1n) is 17.8. The van der Waals surface area contributed by atoms with Gasteiger partial charge in [-0.25, -0.2) is 0 Å². The predicted octanol–water partition coefficient (Wildman–Crippen LogP) is 4.34. The number of benzene rings is 2. The molecule has 13 heteroatoms. The van der Waals surface area contributed by atoms with Gasteiger partial charge in [-0.15, -0.1) is 0 Å². The van der Waals surface area contributed by atoms with Gasteiger partial charge in [0.15, 0.2) is 58.3 Å². The van der Waals surface area contributed by atoms with Crippen LogP contribution in [0.25, 0.3) is 11.1 Å². The number of Topliss-reactive ketones (excluding diaryl/α,β-unsaturated/α-hetero) is 2. The maximum atomic E-state index is 13.5. The van der Waals surface area contributed by atoms with Crippen molar-refractivity contribution < 1.29 is 47.5 Å². The van der Waals surface area contributed by atoms with Gasteiger partial charge in [0.05, 0.1) is 25.0 Å². The van der Waals surface area contributed by atoms with E-state index in [1.54, 1.807) is 0 Å². The van der Waals surface area contributed by atoms with Crippen molar-refractivity contribution in [1.29, 1.82) is 0 Å². The quantitative estimate of drug-likeness (QED) is 0.445. The molecule has 1 N–H and O–H groups in total. The lowest BCUT2D eigenvalue weighted by Crippen LogP contribution is -2.43. The highest BCUT2D eigenvalue weighted by molar-refractivity contribution is 6.76. The number of rotatable bonds is 2. The number of nitrogens with one attached hydrogen (secondary N) is 1. The number of ketones is 2. The van der Waals surface area contributed by atoms with E-state index >= 15 is 0 Å². The third-order valence-corrected chi connectivity index (χ3v) is 11.7. The lowest BCUT2D eigenvalue weighted by atomic mass is 9.96. The zero-order chi connectivity index (χ0) is 35.6. The average Bonchev–Trinajstić information content (AvgIpc) is 3.86. The zero-order valence-corrected chi connectivity index (χ0v) is 31.1. The SMILES string of the molecule is CC1(C)O[C@@H]2C(=O)C3=C(NCCc4cc5c(cc43)OCO5)[C@@H]2O1.CC1(C)O[C@@H]2C(=O)C3=C([C@@H]2O1)N(C[Si](C)(C)C)CCc1cc2c(cc13)OCO2. The van der Waals surface area contributed by atoms with E-state index in [9.17, 15) is 9.59 Å². The van der Waals surface area contributed by atoms with Crippen LogP contribution >= 0.6 is 0 Å². The zero-order valence-electron chi connectivity index (χ0n) is 30.1. The van der Waals surface area contributed by atoms with Crippen LogP contribution in [0.5, 0.6) is 23.0 Å². The lowest BCUT2D eigenvalue weighted by Gasteiger charge is -2.33. The van der Waals surface area contributed by atoms with Gasteiger partial charge in [-0.05, 0) is 87.1 Å². The molecular weight excluding hydrogens is 673 g/mol. The molecule has 2 saturated heterocycles. The molecular formula is C38H44N2O10Si. The Hall–Kier alpha value is -3.88. The molecule has 2 aromatic rings. The summed E-state index contributed by atoms with van der Waals surface area (Å²) in [6, 6.07) is 7.88. The van der Waals surface area contributed by atoms with E-state index in [4.69, 9.17) is 37.9 Å². The van der Waals surface area contributed by atoms with E-state index in [1.165, 1.54) is 0 Å². The van der Waals surface area contributed by atoms with Crippen LogP contribution in [0.3, 0.4) is 0 Å². The molecule has 51 heavy (non-hydrogen) atoms. The topological polar surface area (TPSA) is 123 Å². The number of nitrogens with zero attached hydrogens (tertiary/aromatic N) is 1. The highest BCUT2D eigenvalue weighted by Gasteiger charge is 2.56. The summed E-state index contributed by atoms with van der Waals surface area (Å²) in [5.41, 5.74) is 7.31. The van der Waals surface area contributed by atoms with E-state index in [0.717, 1.165) is 82.8 Å². The van der Waals surface area contributed by atoms with Crippen LogP contribution in [0.1, 0.15) is 49.9 Å². The van der Waals surface area contributed by atoms with Crippen LogP contribution < -0.4 is 24.3 Å². The normalized spacial score (nSPS) is 28.6. The third-order valence-electron chi connectivity index (χ3n) is 10.4. The highest BCUT2D eigenvalue weighted by Crippen LogP contribution is 2.49. The fourth-order valence-corrected chi connectivity index (χ4v) is 9.99. The van der Waals surface area contributed by atoms with Gasteiger partial charge in [0, 0.05) is 24.8 Å². The van der Waals surface area contributed by atoms with Crippen molar-refractivity contribution in [2.45, 2.75) is 96.2 Å². The first kappa shape index (κ1) is 33.0. The third kappa shape index (κ3) is 5.47. The average molecular weight is 717 g/mol. The van der Waals surface area contributed by atoms with Gasteiger partial charge in [-0.2, -0.15) is 0 Å². The number of ether oxygens (including phenoxy) is 8. The van der Waals surface area contributed by atoms with E-state index in [2.05, 4.69) is 29.9 Å². The maximum Gasteiger partial charge on any atom is 0.231 e. The van der Waals surface area contributed by atoms with Gasteiger partial charge in [0.25, 0.3) is 0 Å². The van der Waals surface area contributed by atoms with Crippen molar-refractivity contribution in [2.75, 3.05) is 32.8 Å². The van der Waals surface area contributed by atoms with Crippen molar-refractivity contribution in [3.05, 3.63) is 57.9 Å². The number of carbonyl (C=O) groups is 2. The van der Waals surface area contributed by atoms with Gasteiger partial charge < -0.3 is 48.1 Å². The molecule has 4 atom stereocenters. The van der Waals surface area contributed by atoms with Crippen LogP contribution in [0.2, 0.25) is 19.6 Å². The van der Waals surface area contributed by atoms with Gasteiger partial charge in [-0.3, -0.25) is 9.59 Å². The molecule has 0 spiro atoms. The van der Waals surface area contributed by atoms with E-state index in [-0.39, 0.29) is 37.4 Å². The van der Waals surface area contributed by atoms with Crippen LogP contribution in [0, 0.1) is 0 Å². The predicted molar refractivity (Wildman–Crippen MR) is 187 cm³/mol. The Labute approximate surface area is 297 Å². The molecule has 0 bridgehead atoms. The van der Waals surface area contributed by atoms with Crippen LogP contribution in [-0.2, 0) is 41.4 Å². The minimum absolute atomic E-state index is 0.0215. The second-order valence-corrected chi connectivity index (χ2v) is 21.8. The van der Waals surface area contributed by atoms with E-state index in [0.29, 0.717) is 17.1 Å². The molecule has 0 saturated carbocycles. The summed E-state index contributed by atoms with van der Waals surface area (Å²) in [5.74, 6) is 1.40. The molecule has 0 aromatic heterocycles. The van der Waals surface area contributed by atoms with Crippen molar-refractivity contribution in [3.8, 4) is 23.0 Å². The maximum absolute atomic E-state index is 13.5. The Kier molecular flexibility index (Phi) is 7.31. The first-order valence-corrected chi connectivity index (χ1v) is 21.5. The van der Waals surface area contributed by atoms with Crippen molar-refractivity contribution in [3.63, 3.8) is 0 Å². The Balaban J connectivity index is 0.000000139. The molecule has 12 nitrogen and oxygen atoms in total. The molecule has 270 valence electrons. The minimum atomic E-state index is -1.41. The Morgan fingerprint density at radius 2 is 1.18 bits per heavy atom. The monoisotopic (exact) mass is 716 g/mol. The smallest absolute Gasteiger partial charge is 0.231 e. The number of hydrogen-bond acceptors (Lipinski definition) is 12. The number of carbonyl (C=O) groups excluding carboxylic acids is 2. The van der Waals surface area contributed by atoms with Crippen LogP contribution in [-0.4, -0.2) is 93.4 Å². The van der Waals surface area contributed by atoms with Gasteiger partial charge >= 0.3 is 0 Å². The van der Waals surface area contributed by atoms with E-state index in [1.807, 2.05) is 52.0 Å². The Bertz CT molecular complexity index is 1940. The molecule has 0 unspecified atom stereocenters. The second kappa shape index (κ2) is 11.3. The van der Waals surface area contributed by atoms with Gasteiger partial charge in [0.1, 0.15) is 12.2 Å². The van der Waals surface area contributed by atoms with Crippen LogP contribution in [0.15, 0.2) is 35.7 Å². The number of fused-ring (bicyclic) bond motifs is 10. The molecule has 2 aromatic carbocycles. The van der Waals surface area contributed by atoms with Gasteiger partial charge in [-0.1, -0.05) is 19.6 Å². The Morgan fingerprint density at radius 3 is 1.78 bits per heavy atom. The summed E-state index contributed by atoms with van der Waals surface area (Å²) in [6.45, 7) is 16.5. The fourth-order valence-electron chi connectivity index (χ4n) is 8.51. The number of hydrogen-bond donors (Lipinski definition) is 1. The summed E-state index contributed by atoms with van der Waals surface area (Å²) >= 11 is 0.